The average Bonchev–Trinajstić information content (AvgIpc) is 1.92. The molecule has 0 amide bonds. The van der Waals surface area contributed by atoms with E-state index in [1.54, 1.807) is 13.3 Å². The Morgan fingerprint density at radius 1 is 1.33 bits per heavy atom. The second kappa shape index (κ2) is 3.33. The molecule has 1 rings (SSSR count). The van der Waals surface area contributed by atoms with Gasteiger partial charge in [-0.1, -0.05) is 23.2 Å². The molecule has 0 aromatic carbocycles. The molecule has 0 N–H and O–H groups in total. The van der Waals surface area contributed by atoms with Crippen molar-refractivity contribution in [3.8, 4) is 0 Å². The van der Waals surface area contributed by atoms with E-state index >= 15 is 0 Å². The molecule has 0 unspecified atom stereocenters. The van der Waals surface area contributed by atoms with Gasteiger partial charge in [-0.15, -0.1) is 0 Å². The van der Waals surface area contributed by atoms with Crippen molar-refractivity contribution in [3.63, 3.8) is 0 Å². The van der Waals surface area contributed by atoms with Gasteiger partial charge in [-0.3, -0.25) is 0 Å². The fourth-order valence-corrected chi connectivity index (χ4v) is 2.53. The fraction of sp³-hybridized carbons (Fsp3) is 0.333. The summed E-state index contributed by atoms with van der Waals surface area (Å²) in [7, 11) is -2.45. The maximum Gasteiger partial charge on any atom is 0.151 e. The van der Waals surface area contributed by atoms with Crippen molar-refractivity contribution < 1.29 is 4.57 Å². The highest BCUT2D eigenvalue weighted by Gasteiger charge is 2.19. The molecular weight excluding hydrogens is 218 g/mol. The van der Waals surface area contributed by atoms with Crippen molar-refractivity contribution in [2.45, 2.75) is 0 Å². The van der Waals surface area contributed by atoms with Crippen LogP contribution in [0.2, 0.25) is 10.2 Å². The Bertz CT molecular complexity index is 349. The molecule has 6 heteroatoms. The standard InChI is InChI=1S/C6H7Cl2N2OP/c1-12(2,11)6-4(7)5(8)9-3-10-6/h3H,1-2H3. The van der Waals surface area contributed by atoms with Crippen LogP contribution in [0.4, 0.5) is 0 Å². The Kier molecular flexibility index (Phi) is 2.77. The Morgan fingerprint density at radius 3 is 2.33 bits per heavy atom. The maximum atomic E-state index is 11.6. The highest BCUT2D eigenvalue weighted by atomic mass is 35.5. The van der Waals surface area contributed by atoms with Crippen molar-refractivity contribution in [2.75, 3.05) is 13.3 Å². The van der Waals surface area contributed by atoms with Gasteiger partial charge in [0.15, 0.2) is 5.15 Å². The van der Waals surface area contributed by atoms with Gasteiger partial charge in [0.25, 0.3) is 0 Å². The smallest absolute Gasteiger partial charge is 0.151 e. The van der Waals surface area contributed by atoms with Gasteiger partial charge in [0, 0.05) is 0 Å². The van der Waals surface area contributed by atoms with E-state index in [9.17, 15) is 4.57 Å². The first-order chi connectivity index (χ1) is 5.43. The summed E-state index contributed by atoms with van der Waals surface area (Å²) >= 11 is 11.4. The quantitative estimate of drug-likeness (QED) is 0.542. The van der Waals surface area contributed by atoms with Gasteiger partial charge in [0.05, 0.1) is 0 Å². The molecule has 1 heterocycles. The van der Waals surface area contributed by atoms with E-state index in [0.29, 0.717) is 5.44 Å². The third-order valence-corrected chi connectivity index (χ3v) is 3.47. The van der Waals surface area contributed by atoms with Crippen LogP contribution in [0.1, 0.15) is 0 Å². The zero-order valence-electron chi connectivity index (χ0n) is 6.58. The molecule has 0 saturated carbocycles. The molecule has 0 radical (unpaired) electrons. The zero-order valence-corrected chi connectivity index (χ0v) is 8.99. The summed E-state index contributed by atoms with van der Waals surface area (Å²) in [4.78, 5) is 7.47. The normalized spacial score (nSPS) is 11.7. The molecule has 1 aromatic rings. The lowest BCUT2D eigenvalue weighted by molar-refractivity contribution is 0.587. The molecule has 0 aliphatic carbocycles. The van der Waals surface area contributed by atoms with Gasteiger partial charge in [-0.05, 0) is 13.3 Å². The molecule has 1 aromatic heterocycles. The first-order valence-electron chi connectivity index (χ1n) is 3.14. The number of rotatable bonds is 1. The van der Waals surface area contributed by atoms with Crippen molar-refractivity contribution in [1.29, 1.82) is 0 Å². The molecule has 12 heavy (non-hydrogen) atoms. The molecular formula is C6H7Cl2N2OP. The summed E-state index contributed by atoms with van der Waals surface area (Å²) in [5.41, 5.74) is 0.337. The Morgan fingerprint density at radius 2 is 1.92 bits per heavy atom. The van der Waals surface area contributed by atoms with E-state index in [1.807, 2.05) is 0 Å². The Labute approximate surface area is 80.5 Å². The van der Waals surface area contributed by atoms with Crippen molar-refractivity contribution in [3.05, 3.63) is 16.5 Å². The summed E-state index contributed by atoms with van der Waals surface area (Å²) < 4.78 is 11.6. The minimum absolute atomic E-state index is 0.144. The molecule has 0 aliphatic heterocycles. The zero-order chi connectivity index (χ0) is 9.35. The molecule has 3 nitrogen and oxygen atoms in total. The van der Waals surface area contributed by atoms with Crippen LogP contribution in [0.25, 0.3) is 0 Å². The summed E-state index contributed by atoms with van der Waals surface area (Å²) in [5, 5.41) is 0.332. The third-order valence-electron chi connectivity index (χ3n) is 1.24. The Hall–Kier alpha value is -0.110. The summed E-state index contributed by atoms with van der Waals surface area (Å²) in [5.74, 6) is 0. The highest BCUT2D eigenvalue weighted by molar-refractivity contribution is 7.70. The lowest BCUT2D eigenvalue weighted by Crippen LogP contribution is -2.10. The summed E-state index contributed by atoms with van der Waals surface area (Å²) in [6, 6.07) is 0. The number of hydrogen-bond donors (Lipinski definition) is 0. The average molecular weight is 225 g/mol. The SMILES string of the molecule is CP(C)(=O)c1ncnc(Cl)c1Cl. The number of nitrogens with zero attached hydrogens (tertiary/aromatic N) is 2. The number of hydrogen-bond acceptors (Lipinski definition) is 3. The van der Waals surface area contributed by atoms with Crippen LogP contribution >= 0.6 is 30.3 Å². The van der Waals surface area contributed by atoms with E-state index in [-0.39, 0.29) is 10.2 Å². The van der Waals surface area contributed by atoms with Gasteiger partial charge in [-0.25, -0.2) is 9.97 Å². The molecule has 0 bridgehead atoms. The van der Waals surface area contributed by atoms with E-state index in [4.69, 9.17) is 23.2 Å². The van der Waals surface area contributed by atoms with Crippen molar-refractivity contribution >= 4 is 35.8 Å². The molecule has 0 fully saturated rings. The van der Waals surface area contributed by atoms with Gasteiger partial charge in [0.1, 0.15) is 23.9 Å². The van der Waals surface area contributed by atoms with E-state index in [0.717, 1.165) is 0 Å². The second-order valence-electron chi connectivity index (χ2n) is 2.65. The highest BCUT2D eigenvalue weighted by Crippen LogP contribution is 2.37. The summed E-state index contributed by atoms with van der Waals surface area (Å²) in [6.07, 6.45) is 1.25. The predicted molar refractivity (Wildman–Crippen MR) is 51.1 cm³/mol. The lowest BCUT2D eigenvalue weighted by atomic mass is 10.7. The van der Waals surface area contributed by atoms with Crippen LogP contribution in [0, 0.1) is 0 Å². The van der Waals surface area contributed by atoms with E-state index in [2.05, 4.69) is 9.97 Å². The first kappa shape index (κ1) is 9.97. The molecule has 0 aliphatic rings. The van der Waals surface area contributed by atoms with E-state index < -0.39 is 7.14 Å². The number of aromatic nitrogens is 2. The van der Waals surface area contributed by atoms with Crippen LogP contribution in [0.5, 0.6) is 0 Å². The van der Waals surface area contributed by atoms with Gasteiger partial charge < -0.3 is 4.57 Å². The predicted octanol–water partition coefficient (Wildman–Crippen LogP) is 2.03. The van der Waals surface area contributed by atoms with Gasteiger partial charge >= 0.3 is 0 Å². The largest absolute Gasteiger partial charge is 0.318 e. The third kappa shape index (κ3) is 1.98. The first-order valence-corrected chi connectivity index (χ1v) is 6.50. The molecule has 66 valence electrons. The van der Waals surface area contributed by atoms with Crippen LogP contribution in [0.3, 0.4) is 0 Å². The number of halogens is 2. The van der Waals surface area contributed by atoms with Crippen molar-refractivity contribution in [2.24, 2.45) is 0 Å². The fourth-order valence-electron chi connectivity index (χ4n) is 0.715. The molecule has 0 saturated heterocycles. The van der Waals surface area contributed by atoms with Crippen molar-refractivity contribution in [1.82, 2.24) is 9.97 Å². The minimum Gasteiger partial charge on any atom is -0.318 e. The van der Waals surface area contributed by atoms with Crippen LogP contribution in [-0.2, 0) is 4.57 Å². The van der Waals surface area contributed by atoms with Crippen LogP contribution in [0.15, 0.2) is 6.33 Å². The summed E-state index contributed by atoms with van der Waals surface area (Å²) in [6.45, 7) is 3.16. The van der Waals surface area contributed by atoms with E-state index in [1.165, 1.54) is 6.33 Å². The molecule has 0 atom stereocenters. The van der Waals surface area contributed by atoms with Gasteiger partial charge in [-0.2, -0.15) is 0 Å². The van der Waals surface area contributed by atoms with Crippen LogP contribution in [-0.4, -0.2) is 23.3 Å². The molecule has 0 spiro atoms. The topological polar surface area (TPSA) is 42.9 Å². The second-order valence-corrected chi connectivity index (χ2v) is 6.51. The minimum atomic E-state index is -2.45. The Balaban J connectivity index is 3.36. The van der Waals surface area contributed by atoms with Crippen LogP contribution < -0.4 is 5.44 Å². The lowest BCUT2D eigenvalue weighted by Gasteiger charge is -2.07. The maximum absolute atomic E-state index is 11.6. The monoisotopic (exact) mass is 224 g/mol. The van der Waals surface area contributed by atoms with Gasteiger partial charge in [0.2, 0.25) is 0 Å².